The zero-order chi connectivity index (χ0) is 16.1. The van der Waals surface area contributed by atoms with Gasteiger partial charge < -0.3 is 10.4 Å². The van der Waals surface area contributed by atoms with Crippen molar-refractivity contribution in [2.75, 3.05) is 18.4 Å². The van der Waals surface area contributed by atoms with Crippen LogP contribution in [0.15, 0.2) is 36.5 Å². The summed E-state index contributed by atoms with van der Waals surface area (Å²) < 4.78 is 0. The van der Waals surface area contributed by atoms with Gasteiger partial charge in [-0.05, 0) is 25.3 Å². The van der Waals surface area contributed by atoms with E-state index < -0.39 is 0 Å². The maximum atomic E-state index is 9.18. The highest BCUT2D eigenvalue weighted by Crippen LogP contribution is 2.17. The van der Waals surface area contributed by atoms with Gasteiger partial charge in [-0.15, -0.1) is 0 Å². The van der Waals surface area contributed by atoms with Gasteiger partial charge >= 0.3 is 0 Å². The summed E-state index contributed by atoms with van der Waals surface area (Å²) >= 11 is 0. The molecule has 1 aromatic carbocycles. The Kier molecular flexibility index (Phi) is 5.20. The fraction of sp³-hybridized carbons (Fsp3) is 0.444. The van der Waals surface area contributed by atoms with Crippen molar-refractivity contribution < 1.29 is 5.11 Å². The van der Waals surface area contributed by atoms with Gasteiger partial charge in [-0.25, -0.2) is 9.97 Å². The molecule has 0 saturated carbocycles. The molecule has 0 bridgehead atoms. The molecule has 1 aromatic heterocycles. The van der Waals surface area contributed by atoms with Crippen LogP contribution < -0.4 is 5.32 Å². The molecule has 1 fully saturated rings. The standard InChI is InChI=1S/C18H24N4O/c1-14-16(13-23)11-19-18(20-14)21-17-7-9-22(10-8-17)12-15-5-3-2-4-6-15/h2-6,11,17,23H,7-10,12-13H2,1H3,(H,19,20,21). The number of aryl methyl sites for hydroxylation is 1. The Balaban J connectivity index is 1.50. The largest absolute Gasteiger partial charge is 0.392 e. The third-order valence-corrected chi connectivity index (χ3v) is 4.42. The number of rotatable bonds is 5. The monoisotopic (exact) mass is 312 g/mol. The van der Waals surface area contributed by atoms with E-state index in [4.69, 9.17) is 0 Å². The van der Waals surface area contributed by atoms with Gasteiger partial charge in [0.25, 0.3) is 0 Å². The molecule has 2 N–H and O–H groups in total. The normalized spacial score (nSPS) is 16.4. The van der Waals surface area contributed by atoms with Gasteiger partial charge in [-0.2, -0.15) is 0 Å². The second kappa shape index (κ2) is 7.53. The van der Waals surface area contributed by atoms with Crippen LogP contribution in [-0.2, 0) is 13.2 Å². The van der Waals surface area contributed by atoms with Gasteiger partial charge in [0.2, 0.25) is 5.95 Å². The summed E-state index contributed by atoms with van der Waals surface area (Å²) in [5.74, 6) is 0.668. The fourth-order valence-corrected chi connectivity index (χ4v) is 2.98. The van der Waals surface area contributed by atoms with E-state index in [0.717, 1.165) is 43.7 Å². The van der Waals surface area contributed by atoms with Gasteiger partial charge in [0.15, 0.2) is 0 Å². The van der Waals surface area contributed by atoms with Crippen LogP contribution in [-0.4, -0.2) is 39.1 Å². The summed E-state index contributed by atoms with van der Waals surface area (Å²) in [6.07, 6.45) is 3.89. The van der Waals surface area contributed by atoms with Crippen molar-refractivity contribution in [1.82, 2.24) is 14.9 Å². The van der Waals surface area contributed by atoms with E-state index >= 15 is 0 Å². The van der Waals surface area contributed by atoms with Gasteiger partial charge in [0.1, 0.15) is 0 Å². The number of piperidine rings is 1. The SMILES string of the molecule is Cc1nc(NC2CCN(Cc3ccccc3)CC2)ncc1CO. The van der Waals surface area contributed by atoms with Crippen molar-refractivity contribution in [2.45, 2.75) is 39.0 Å². The number of nitrogens with zero attached hydrogens (tertiary/aromatic N) is 3. The number of anilines is 1. The maximum absolute atomic E-state index is 9.18. The predicted octanol–water partition coefficient (Wildman–Crippen LogP) is 2.35. The zero-order valence-corrected chi connectivity index (χ0v) is 13.6. The number of likely N-dealkylation sites (tertiary alicyclic amines) is 1. The summed E-state index contributed by atoms with van der Waals surface area (Å²) in [6.45, 7) is 5.08. The molecular weight excluding hydrogens is 288 g/mol. The Morgan fingerprint density at radius 3 is 2.61 bits per heavy atom. The molecule has 2 heterocycles. The number of aliphatic hydroxyl groups is 1. The highest BCUT2D eigenvalue weighted by Gasteiger charge is 2.19. The van der Waals surface area contributed by atoms with Crippen LogP contribution in [0.3, 0.4) is 0 Å². The van der Waals surface area contributed by atoms with Crippen molar-refractivity contribution in [2.24, 2.45) is 0 Å². The highest BCUT2D eigenvalue weighted by atomic mass is 16.3. The molecule has 0 spiro atoms. The van der Waals surface area contributed by atoms with Crippen LogP contribution in [0.2, 0.25) is 0 Å². The molecule has 1 saturated heterocycles. The smallest absolute Gasteiger partial charge is 0.223 e. The van der Waals surface area contributed by atoms with Crippen molar-refractivity contribution in [1.29, 1.82) is 0 Å². The van der Waals surface area contributed by atoms with Crippen LogP contribution in [0, 0.1) is 6.92 Å². The molecule has 1 aliphatic heterocycles. The number of hydrogen-bond acceptors (Lipinski definition) is 5. The van der Waals surface area contributed by atoms with E-state index in [9.17, 15) is 5.11 Å². The molecule has 1 aliphatic rings. The topological polar surface area (TPSA) is 61.3 Å². The lowest BCUT2D eigenvalue weighted by Gasteiger charge is -2.32. The van der Waals surface area contributed by atoms with Crippen LogP contribution >= 0.6 is 0 Å². The molecule has 0 radical (unpaired) electrons. The summed E-state index contributed by atoms with van der Waals surface area (Å²) in [5, 5.41) is 12.6. The zero-order valence-electron chi connectivity index (χ0n) is 13.6. The summed E-state index contributed by atoms with van der Waals surface area (Å²) in [7, 11) is 0. The van der Waals surface area contributed by atoms with Gasteiger partial charge in [-0.3, -0.25) is 4.90 Å². The number of aliphatic hydroxyl groups excluding tert-OH is 1. The molecule has 5 heteroatoms. The van der Waals surface area contributed by atoms with E-state index in [1.165, 1.54) is 5.56 Å². The molecular formula is C18H24N4O. The quantitative estimate of drug-likeness (QED) is 0.887. The molecule has 23 heavy (non-hydrogen) atoms. The Morgan fingerprint density at radius 2 is 1.96 bits per heavy atom. The van der Waals surface area contributed by atoms with E-state index in [1.807, 2.05) is 6.92 Å². The van der Waals surface area contributed by atoms with Crippen LogP contribution in [0.5, 0.6) is 0 Å². The average molecular weight is 312 g/mol. The van der Waals surface area contributed by atoms with Crippen molar-refractivity contribution in [3.8, 4) is 0 Å². The molecule has 0 amide bonds. The fourth-order valence-electron chi connectivity index (χ4n) is 2.98. The van der Waals surface area contributed by atoms with Crippen LogP contribution in [0.25, 0.3) is 0 Å². The minimum absolute atomic E-state index is 0.00993. The lowest BCUT2D eigenvalue weighted by Crippen LogP contribution is -2.39. The van der Waals surface area contributed by atoms with Crippen molar-refractivity contribution in [3.63, 3.8) is 0 Å². The number of aromatic nitrogens is 2. The first-order valence-electron chi connectivity index (χ1n) is 8.21. The summed E-state index contributed by atoms with van der Waals surface area (Å²) in [6, 6.07) is 11.0. The Bertz CT molecular complexity index is 624. The summed E-state index contributed by atoms with van der Waals surface area (Å²) in [4.78, 5) is 11.2. The van der Waals surface area contributed by atoms with Crippen LogP contribution in [0.4, 0.5) is 5.95 Å². The third-order valence-electron chi connectivity index (χ3n) is 4.42. The van der Waals surface area contributed by atoms with Crippen LogP contribution in [0.1, 0.15) is 29.7 Å². The van der Waals surface area contributed by atoms with Crippen molar-refractivity contribution >= 4 is 5.95 Å². The lowest BCUT2D eigenvalue weighted by molar-refractivity contribution is 0.211. The first-order valence-corrected chi connectivity index (χ1v) is 8.21. The summed E-state index contributed by atoms with van der Waals surface area (Å²) in [5.41, 5.74) is 3.00. The Hall–Kier alpha value is -1.98. The third kappa shape index (κ3) is 4.27. The van der Waals surface area contributed by atoms with E-state index in [-0.39, 0.29) is 6.61 Å². The number of nitrogens with one attached hydrogen (secondary N) is 1. The average Bonchev–Trinajstić information content (AvgIpc) is 2.58. The second-order valence-electron chi connectivity index (χ2n) is 6.14. The Labute approximate surface area is 137 Å². The Morgan fingerprint density at radius 1 is 1.22 bits per heavy atom. The van der Waals surface area contributed by atoms with Crippen molar-refractivity contribution in [3.05, 3.63) is 53.3 Å². The molecule has 0 aliphatic carbocycles. The predicted molar refractivity (Wildman–Crippen MR) is 91.1 cm³/mol. The molecule has 2 aromatic rings. The molecule has 0 atom stereocenters. The van der Waals surface area contributed by atoms with Gasteiger partial charge in [-0.1, -0.05) is 30.3 Å². The first kappa shape index (κ1) is 15.9. The number of benzene rings is 1. The first-order chi connectivity index (χ1) is 11.2. The van der Waals surface area contributed by atoms with E-state index in [0.29, 0.717) is 12.0 Å². The van der Waals surface area contributed by atoms with Gasteiger partial charge in [0.05, 0.1) is 6.61 Å². The van der Waals surface area contributed by atoms with E-state index in [2.05, 4.69) is 50.5 Å². The lowest BCUT2D eigenvalue weighted by atomic mass is 10.0. The second-order valence-corrected chi connectivity index (χ2v) is 6.14. The molecule has 122 valence electrons. The van der Waals surface area contributed by atoms with Gasteiger partial charge in [0, 0.05) is 43.1 Å². The minimum Gasteiger partial charge on any atom is -0.392 e. The molecule has 5 nitrogen and oxygen atoms in total. The minimum atomic E-state index is -0.00993. The van der Waals surface area contributed by atoms with E-state index in [1.54, 1.807) is 6.20 Å². The highest BCUT2D eigenvalue weighted by molar-refractivity contribution is 5.30. The number of hydrogen-bond donors (Lipinski definition) is 2. The molecule has 0 unspecified atom stereocenters. The molecule has 3 rings (SSSR count). The maximum Gasteiger partial charge on any atom is 0.223 e.